The number of benzene rings is 1. The van der Waals surface area contributed by atoms with Gasteiger partial charge in [-0.15, -0.1) is 10.2 Å². The summed E-state index contributed by atoms with van der Waals surface area (Å²) in [5.74, 6) is 0.266. The molecule has 1 aliphatic heterocycles. The van der Waals surface area contributed by atoms with Crippen LogP contribution in [-0.4, -0.2) is 50.7 Å². The quantitative estimate of drug-likeness (QED) is 0.831. The van der Waals surface area contributed by atoms with Crippen molar-refractivity contribution in [3.8, 4) is 0 Å². The molecule has 0 radical (unpaired) electrons. The van der Waals surface area contributed by atoms with Crippen LogP contribution in [0.2, 0.25) is 10.0 Å². The van der Waals surface area contributed by atoms with E-state index in [-0.39, 0.29) is 10.9 Å². The molecule has 0 aliphatic carbocycles. The lowest BCUT2D eigenvalue weighted by atomic mass is 10.1. The summed E-state index contributed by atoms with van der Waals surface area (Å²) in [7, 11) is 1.67. The number of carbonyl (C=O) groups is 1. The van der Waals surface area contributed by atoms with Gasteiger partial charge in [-0.2, -0.15) is 4.80 Å². The molecular formula is C13H13Cl2N5O2. The van der Waals surface area contributed by atoms with Gasteiger partial charge in [-0.3, -0.25) is 4.79 Å². The molecule has 0 N–H and O–H groups in total. The lowest BCUT2D eigenvalue weighted by Crippen LogP contribution is -2.42. The van der Waals surface area contributed by atoms with E-state index in [1.165, 1.54) is 4.80 Å². The predicted octanol–water partition coefficient (Wildman–Crippen LogP) is 1.73. The summed E-state index contributed by atoms with van der Waals surface area (Å²) in [6.07, 6.45) is -0.399. The van der Waals surface area contributed by atoms with Gasteiger partial charge in [0.25, 0.3) is 5.91 Å². The summed E-state index contributed by atoms with van der Waals surface area (Å²) in [5.41, 5.74) is 0.377. The number of rotatable bonds is 2. The van der Waals surface area contributed by atoms with Crippen molar-refractivity contribution in [3.63, 3.8) is 0 Å². The van der Waals surface area contributed by atoms with Crippen LogP contribution in [-0.2, 0) is 11.8 Å². The van der Waals surface area contributed by atoms with E-state index in [1.807, 2.05) is 0 Å². The van der Waals surface area contributed by atoms with E-state index in [1.54, 1.807) is 30.1 Å². The smallest absolute Gasteiger partial charge is 0.255 e. The van der Waals surface area contributed by atoms with Crippen molar-refractivity contribution >= 4 is 29.1 Å². The summed E-state index contributed by atoms with van der Waals surface area (Å²) in [6, 6.07) is 5.00. The summed E-state index contributed by atoms with van der Waals surface area (Å²) >= 11 is 12.1. The zero-order chi connectivity index (χ0) is 15.7. The SMILES string of the molecule is Cn1nnc(C2CN(C(=O)c3cccc(Cl)c3Cl)CCO2)n1. The number of halogens is 2. The fraction of sp³-hybridized carbons (Fsp3) is 0.385. The first kappa shape index (κ1) is 15.2. The normalized spacial score (nSPS) is 18.5. The maximum absolute atomic E-state index is 12.6. The second-order valence-electron chi connectivity index (χ2n) is 4.85. The Morgan fingerprint density at radius 1 is 1.41 bits per heavy atom. The van der Waals surface area contributed by atoms with Crippen molar-refractivity contribution < 1.29 is 9.53 Å². The molecule has 0 bridgehead atoms. The number of aryl methyl sites for hydroxylation is 1. The van der Waals surface area contributed by atoms with Crippen LogP contribution in [0.25, 0.3) is 0 Å². The average Bonchev–Trinajstić information content (AvgIpc) is 2.96. The number of nitrogens with zero attached hydrogens (tertiary/aromatic N) is 5. The third kappa shape index (κ3) is 2.92. The number of ether oxygens (including phenoxy) is 1. The van der Waals surface area contributed by atoms with E-state index in [0.29, 0.717) is 36.1 Å². The molecule has 9 heteroatoms. The van der Waals surface area contributed by atoms with E-state index in [2.05, 4.69) is 15.4 Å². The van der Waals surface area contributed by atoms with E-state index in [0.717, 1.165) is 0 Å². The van der Waals surface area contributed by atoms with Crippen molar-refractivity contribution in [2.75, 3.05) is 19.7 Å². The molecule has 0 spiro atoms. The molecule has 1 aliphatic rings. The molecule has 1 aromatic heterocycles. The zero-order valence-electron chi connectivity index (χ0n) is 11.7. The molecule has 1 amide bonds. The Balaban J connectivity index is 1.79. The standard InChI is InChI=1S/C13H13Cl2N5O2/c1-19-17-12(16-18-19)10-7-20(5-6-22-10)13(21)8-3-2-4-9(14)11(8)15/h2-4,10H,5-7H2,1H3. The third-order valence-corrected chi connectivity index (χ3v) is 4.17. The number of hydrogen-bond donors (Lipinski definition) is 0. The van der Waals surface area contributed by atoms with Crippen molar-refractivity contribution in [2.45, 2.75) is 6.10 Å². The van der Waals surface area contributed by atoms with Gasteiger partial charge in [0.15, 0.2) is 0 Å². The number of tetrazole rings is 1. The van der Waals surface area contributed by atoms with Crippen LogP contribution in [0.4, 0.5) is 0 Å². The summed E-state index contributed by atoms with van der Waals surface area (Å²) in [6.45, 7) is 1.21. The number of aromatic nitrogens is 4. The number of carbonyl (C=O) groups excluding carboxylic acids is 1. The van der Waals surface area contributed by atoms with Gasteiger partial charge < -0.3 is 9.64 Å². The molecule has 1 atom stereocenters. The van der Waals surface area contributed by atoms with Crippen LogP contribution in [0.5, 0.6) is 0 Å². The van der Waals surface area contributed by atoms with Gasteiger partial charge in [-0.05, 0) is 17.3 Å². The zero-order valence-corrected chi connectivity index (χ0v) is 13.3. The van der Waals surface area contributed by atoms with Gasteiger partial charge in [0.2, 0.25) is 5.82 Å². The first-order valence-corrected chi connectivity index (χ1v) is 7.40. The second kappa shape index (κ2) is 6.20. The minimum Gasteiger partial charge on any atom is -0.366 e. The van der Waals surface area contributed by atoms with Gasteiger partial charge in [-0.25, -0.2) is 0 Å². The highest BCUT2D eigenvalue weighted by Gasteiger charge is 2.29. The summed E-state index contributed by atoms with van der Waals surface area (Å²) < 4.78 is 5.62. The van der Waals surface area contributed by atoms with Gasteiger partial charge in [0.1, 0.15) is 6.10 Å². The Morgan fingerprint density at radius 3 is 2.95 bits per heavy atom. The maximum Gasteiger partial charge on any atom is 0.255 e. The van der Waals surface area contributed by atoms with Crippen LogP contribution in [0.3, 0.4) is 0 Å². The van der Waals surface area contributed by atoms with Crippen molar-refractivity contribution in [3.05, 3.63) is 39.6 Å². The molecule has 22 heavy (non-hydrogen) atoms. The summed E-state index contributed by atoms with van der Waals surface area (Å²) in [4.78, 5) is 15.6. The van der Waals surface area contributed by atoms with E-state index < -0.39 is 6.10 Å². The van der Waals surface area contributed by atoms with E-state index in [9.17, 15) is 4.79 Å². The molecule has 1 unspecified atom stereocenters. The van der Waals surface area contributed by atoms with Crippen LogP contribution in [0.15, 0.2) is 18.2 Å². The average molecular weight is 342 g/mol. The molecule has 1 saturated heterocycles. The van der Waals surface area contributed by atoms with Gasteiger partial charge in [-0.1, -0.05) is 29.3 Å². The highest BCUT2D eigenvalue weighted by Crippen LogP contribution is 2.28. The molecular weight excluding hydrogens is 329 g/mol. The summed E-state index contributed by atoms with van der Waals surface area (Å²) in [5, 5.41) is 12.4. The number of amides is 1. The number of hydrogen-bond acceptors (Lipinski definition) is 5. The van der Waals surface area contributed by atoms with Gasteiger partial charge in [0.05, 0.1) is 35.8 Å². The van der Waals surface area contributed by atoms with Crippen LogP contribution < -0.4 is 0 Å². The highest BCUT2D eigenvalue weighted by atomic mass is 35.5. The van der Waals surface area contributed by atoms with Crippen LogP contribution in [0.1, 0.15) is 22.3 Å². The molecule has 7 nitrogen and oxygen atoms in total. The lowest BCUT2D eigenvalue weighted by Gasteiger charge is -2.31. The van der Waals surface area contributed by atoms with E-state index >= 15 is 0 Å². The largest absolute Gasteiger partial charge is 0.366 e. The highest BCUT2D eigenvalue weighted by molar-refractivity contribution is 6.43. The Hall–Kier alpha value is -1.70. The minimum absolute atomic E-state index is 0.190. The maximum atomic E-state index is 12.6. The van der Waals surface area contributed by atoms with Gasteiger partial charge >= 0.3 is 0 Å². The molecule has 0 saturated carbocycles. The molecule has 2 heterocycles. The molecule has 1 fully saturated rings. The van der Waals surface area contributed by atoms with Crippen molar-refractivity contribution in [2.24, 2.45) is 7.05 Å². The first-order chi connectivity index (χ1) is 10.6. The Kier molecular flexibility index (Phi) is 4.28. The fourth-order valence-corrected chi connectivity index (χ4v) is 2.64. The minimum atomic E-state index is -0.399. The topological polar surface area (TPSA) is 73.1 Å². The fourth-order valence-electron chi connectivity index (χ4n) is 2.26. The first-order valence-electron chi connectivity index (χ1n) is 6.65. The molecule has 3 rings (SSSR count). The molecule has 1 aromatic carbocycles. The lowest BCUT2D eigenvalue weighted by molar-refractivity contribution is -0.0269. The Bertz CT molecular complexity index is 705. The Morgan fingerprint density at radius 2 is 2.23 bits per heavy atom. The predicted molar refractivity (Wildman–Crippen MR) is 79.9 cm³/mol. The molecule has 116 valence electrons. The van der Waals surface area contributed by atoms with Crippen LogP contribution >= 0.6 is 23.2 Å². The van der Waals surface area contributed by atoms with E-state index in [4.69, 9.17) is 27.9 Å². The molecule has 2 aromatic rings. The third-order valence-electron chi connectivity index (χ3n) is 3.35. The Labute approximate surface area is 136 Å². The van der Waals surface area contributed by atoms with Crippen LogP contribution in [0, 0.1) is 0 Å². The van der Waals surface area contributed by atoms with Crippen molar-refractivity contribution in [1.82, 2.24) is 25.1 Å². The van der Waals surface area contributed by atoms with Crippen molar-refractivity contribution in [1.29, 1.82) is 0 Å². The van der Waals surface area contributed by atoms with Gasteiger partial charge in [0, 0.05) is 6.54 Å². The second-order valence-corrected chi connectivity index (χ2v) is 5.63. The number of morpholine rings is 1. The monoisotopic (exact) mass is 341 g/mol.